The summed E-state index contributed by atoms with van der Waals surface area (Å²) in [4.78, 5) is 6.90. The number of aromatic nitrogens is 2. The summed E-state index contributed by atoms with van der Waals surface area (Å²) >= 11 is 0. The maximum absolute atomic E-state index is 5.56. The highest BCUT2D eigenvalue weighted by Gasteiger charge is 2.15. The van der Waals surface area contributed by atoms with Crippen molar-refractivity contribution in [3.8, 4) is 0 Å². The van der Waals surface area contributed by atoms with Crippen LogP contribution in [0.5, 0.6) is 0 Å². The van der Waals surface area contributed by atoms with Crippen molar-refractivity contribution in [2.45, 2.75) is 39.3 Å². The fourth-order valence-corrected chi connectivity index (χ4v) is 2.51. The lowest BCUT2D eigenvalue weighted by molar-refractivity contribution is 0.209. The number of rotatable bonds is 6. The molecular formula is C13H24N4. The van der Waals surface area contributed by atoms with Crippen molar-refractivity contribution in [1.29, 1.82) is 0 Å². The highest BCUT2D eigenvalue weighted by atomic mass is 15.2. The van der Waals surface area contributed by atoms with Gasteiger partial charge in [-0.05, 0) is 38.3 Å². The molecule has 4 heteroatoms. The molecule has 0 saturated carbocycles. The van der Waals surface area contributed by atoms with E-state index in [-0.39, 0.29) is 0 Å². The van der Waals surface area contributed by atoms with Gasteiger partial charge < -0.3 is 10.3 Å². The number of hydrogen-bond donors (Lipinski definition) is 1. The van der Waals surface area contributed by atoms with Gasteiger partial charge in [-0.1, -0.05) is 6.92 Å². The maximum atomic E-state index is 5.56. The van der Waals surface area contributed by atoms with E-state index in [0.29, 0.717) is 0 Å². The zero-order valence-electron chi connectivity index (χ0n) is 10.8. The summed E-state index contributed by atoms with van der Waals surface area (Å²) in [5.74, 6) is 1.98. The second-order valence-corrected chi connectivity index (χ2v) is 5.14. The maximum Gasteiger partial charge on any atom is 0.122 e. The van der Waals surface area contributed by atoms with Gasteiger partial charge in [-0.25, -0.2) is 4.98 Å². The van der Waals surface area contributed by atoms with Crippen molar-refractivity contribution in [2.75, 3.05) is 19.6 Å². The van der Waals surface area contributed by atoms with Gasteiger partial charge in [0.1, 0.15) is 5.82 Å². The lowest BCUT2D eigenvalue weighted by atomic mass is 10.0. The van der Waals surface area contributed by atoms with Crippen LogP contribution in [0.15, 0.2) is 12.4 Å². The number of hydrogen-bond acceptors (Lipinski definition) is 3. The zero-order chi connectivity index (χ0) is 12.1. The number of nitrogens with zero attached hydrogens (tertiary/aromatic N) is 3. The molecule has 1 aliphatic rings. The predicted octanol–water partition coefficient (Wildman–Crippen LogP) is 1.46. The van der Waals surface area contributed by atoms with Crippen molar-refractivity contribution in [3.05, 3.63) is 18.2 Å². The average Bonchev–Trinajstić information content (AvgIpc) is 2.76. The van der Waals surface area contributed by atoms with E-state index in [1.54, 1.807) is 0 Å². The zero-order valence-corrected chi connectivity index (χ0v) is 10.8. The molecule has 1 aromatic heterocycles. The van der Waals surface area contributed by atoms with Crippen LogP contribution >= 0.6 is 0 Å². The first kappa shape index (κ1) is 12.6. The Labute approximate surface area is 104 Å². The van der Waals surface area contributed by atoms with Crippen LogP contribution in [0.3, 0.4) is 0 Å². The van der Waals surface area contributed by atoms with Crippen molar-refractivity contribution < 1.29 is 0 Å². The molecule has 96 valence electrons. The van der Waals surface area contributed by atoms with Crippen LogP contribution in [0, 0.1) is 5.92 Å². The third kappa shape index (κ3) is 3.54. The summed E-state index contributed by atoms with van der Waals surface area (Å²) in [6, 6.07) is 0. The Kier molecular flexibility index (Phi) is 4.57. The molecule has 0 aliphatic carbocycles. The Morgan fingerprint density at radius 2 is 2.29 bits per heavy atom. The summed E-state index contributed by atoms with van der Waals surface area (Å²) in [6.07, 6.45) is 7.71. The Balaban J connectivity index is 1.68. The molecule has 1 unspecified atom stereocenters. The first-order valence-electron chi connectivity index (χ1n) is 6.72. The fourth-order valence-electron chi connectivity index (χ4n) is 2.51. The van der Waals surface area contributed by atoms with Gasteiger partial charge in [-0.15, -0.1) is 0 Å². The highest BCUT2D eigenvalue weighted by molar-refractivity contribution is 4.95. The fraction of sp³-hybridized carbons (Fsp3) is 0.769. The van der Waals surface area contributed by atoms with E-state index in [9.17, 15) is 0 Å². The molecule has 0 aromatic carbocycles. The van der Waals surface area contributed by atoms with Crippen molar-refractivity contribution in [1.82, 2.24) is 14.5 Å². The highest BCUT2D eigenvalue weighted by Crippen LogP contribution is 2.13. The predicted molar refractivity (Wildman–Crippen MR) is 69.6 cm³/mol. The first-order valence-corrected chi connectivity index (χ1v) is 6.72. The Morgan fingerprint density at radius 3 is 3.12 bits per heavy atom. The summed E-state index contributed by atoms with van der Waals surface area (Å²) in [7, 11) is 0. The molecule has 17 heavy (non-hydrogen) atoms. The van der Waals surface area contributed by atoms with Crippen LogP contribution in [0.1, 0.15) is 32.0 Å². The van der Waals surface area contributed by atoms with Gasteiger partial charge in [-0.3, -0.25) is 4.90 Å². The molecule has 0 amide bonds. The largest absolute Gasteiger partial charge is 0.333 e. The topological polar surface area (TPSA) is 47.1 Å². The molecule has 2 rings (SSSR count). The molecule has 1 aliphatic heterocycles. The number of fused-ring (bicyclic) bond motifs is 1. The van der Waals surface area contributed by atoms with Gasteiger partial charge in [0, 0.05) is 25.5 Å². The molecule has 0 bridgehead atoms. The monoisotopic (exact) mass is 236 g/mol. The molecule has 1 aromatic rings. The number of nitrogens with two attached hydrogens (primary N) is 1. The minimum Gasteiger partial charge on any atom is -0.333 e. The van der Waals surface area contributed by atoms with E-state index >= 15 is 0 Å². The molecular weight excluding hydrogens is 212 g/mol. The van der Waals surface area contributed by atoms with E-state index in [0.717, 1.165) is 38.5 Å². The normalized spacial score (nSPS) is 18.0. The molecule has 0 radical (unpaired) electrons. The van der Waals surface area contributed by atoms with Gasteiger partial charge >= 0.3 is 0 Å². The molecule has 0 saturated heterocycles. The Hall–Kier alpha value is -0.870. The molecule has 0 fully saturated rings. The van der Waals surface area contributed by atoms with E-state index < -0.39 is 0 Å². The minimum absolute atomic E-state index is 0.770. The summed E-state index contributed by atoms with van der Waals surface area (Å²) in [5.41, 5.74) is 5.56. The van der Waals surface area contributed by atoms with Crippen LogP contribution < -0.4 is 5.73 Å². The van der Waals surface area contributed by atoms with E-state index in [4.69, 9.17) is 5.73 Å². The Bertz CT molecular complexity index is 334. The smallest absolute Gasteiger partial charge is 0.122 e. The van der Waals surface area contributed by atoms with Crippen molar-refractivity contribution in [3.63, 3.8) is 0 Å². The van der Waals surface area contributed by atoms with E-state index in [2.05, 4.69) is 27.6 Å². The molecule has 0 spiro atoms. The third-order valence-electron chi connectivity index (χ3n) is 3.65. The van der Waals surface area contributed by atoms with Crippen LogP contribution in [-0.2, 0) is 13.1 Å². The van der Waals surface area contributed by atoms with Gasteiger partial charge in [0.15, 0.2) is 0 Å². The van der Waals surface area contributed by atoms with Crippen LogP contribution in [0.2, 0.25) is 0 Å². The Morgan fingerprint density at radius 1 is 1.41 bits per heavy atom. The molecule has 2 N–H and O–H groups in total. The van der Waals surface area contributed by atoms with E-state index in [1.165, 1.54) is 25.2 Å². The molecule has 2 heterocycles. The SMILES string of the molecule is CC(CCN)CCCN1CCn2ccnc2C1. The second kappa shape index (κ2) is 6.17. The second-order valence-electron chi connectivity index (χ2n) is 5.14. The van der Waals surface area contributed by atoms with Gasteiger partial charge in [0.25, 0.3) is 0 Å². The molecule has 1 atom stereocenters. The summed E-state index contributed by atoms with van der Waals surface area (Å²) in [5, 5.41) is 0. The molecule has 4 nitrogen and oxygen atoms in total. The van der Waals surface area contributed by atoms with Gasteiger partial charge in [0.2, 0.25) is 0 Å². The number of imidazole rings is 1. The van der Waals surface area contributed by atoms with Crippen LogP contribution in [0.25, 0.3) is 0 Å². The lowest BCUT2D eigenvalue weighted by Gasteiger charge is -2.27. The summed E-state index contributed by atoms with van der Waals surface area (Å²) < 4.78 is 2.26. The van der Waals surface area contributed by atoms with Crippen molar-refractivity contribution in [2.24, 2.45) is 11.7 Å². The lowest BCUT2D eigenvalue weighted by Crippen LogP contribution is -2.34. The van der Waals surface area contributed by atoms with Gasteiger partial charge in [-0.2, -0.15) is 0 Å². The van der Waals surface area contributed by atoms with Crippen LogP contribution in [0.4, 0.5) is 0 Å². The van der Waals surface area contributed by atoms with E-state index in [1.807, 2.05) is 6.20 Å². The van der Waals surface area contributed by atoms with Crippen molar-refractivity contribution >= 4 is 0 Å². The summed E-state index contributed by atoms with van der Waals surface area (Å²) in [6.45, 7) is 7.58. The third-order valence-corrected chi connectivity index (χ3v) is 3.65. The van der Waals surface area contributed by atoms with Gasteiger partial charge in [0.05, 0.1) is 6.54 Å². The minimum atomic E-state index is 0.770. The average molecular weight is 236 g/mol. The quantitative estimate of drug-likeness (QED) is 0.813. The standard InChI is InChI=1S/C13H24N4/c1-12(4-5-14)3-2-7-16-9-10-17-8-6-15-13(17)11-16/h6,8,12H,2-5,7,9-11,14H2,1H3. The van der Waals surface area contributed by atoms with Crippen LogP contribution in [-0.4, -0.2) is 34.1 Å². The first-order chi connectivity index (χ1) is 8.29.